The van der Waals surface area contributed by atoms with E-state index in [1.54, 1.807) is 6.20 Å². The molecular weight excluding hydrogens is 376 g/mol. The van der Waals surface area contributed by atoms with Crippen LogP contribution in [0.2, 0.25) is 0 Å². The molecule has 1 amide bonds. The fourth-order valence-electron chi connectivity index (χ4n) is 3.93. The summed E-state index contributed by atoms with van der Waals surface area (Å²) >= 11 is 0. The smallest absolute Gasteiger partial charge is 0.226 e. The van der Waals surface area contributed by atoms with Crippen LogP contribution in [0, 0.1) is 0 Å². The molecule has 2 aromatic carbocycles. The van der Waals surface area contributed by atoms with Crippen LogP contribution in [0.3, 0.4) is 0 Å². The van der Waals surface area contributed by atoms with Gasteiger partial charge in [0.05, 0.1) is 24.8 Å². The summed E-state index contributed by atoms with van der Waals surface area (Å²) in [6.07, 6.45) is 4.99. The lowest BCUT2D eigenvalue weighted by Crippen LogP contribution is -2.39. The lowest BCUT2D eigenvalue weighted by molar-refractivity contribution is -0.135. The molecule has 1 atom stereocenters. The highest BCUT2D eigenvalue weighted by Gasteiger charge is 2.31. The monoisotopic (exact) mass is 402 g/mol. The van der Waals surface area contributed by atoms with Crippen LogP contribution >= 0.6 is 0 Å². The highest BCUT2D eigenvalue weighted by molar-refractivity contribution is 5.77. The minimum absolute atomic E-state index is 0.0758. The predicted octanol–water partition coefficient (Wildman–Crippen LogP) is 4.25. The molecule has 2 N–H and O–H groups in total. The molecule has 30 heavy (non-hydrogen) atoms. The number of nitrogens with zero attached hydrogens (tertiary/aromatic N) is 3. The second-order valence-corrected chi connectivity index (χ2v) is 7.40. The summed E-state index contributed by atoms with van der Waals surface area (Å²) in [6, 6.07) is 19.5. The second-order valence-electron chi connectivity index (χ2n) is 7.40. The number of ether oxygens (including phenoxy) is 1. The molecule has 6 nitrogen and oxygen atoms in total. The van der Waals surface area contributed by atoms with Crippen LogP contribution in [-0.4, -0.2) is 33.9 Å². The van der Waals surface area contributed by atoms with Crippen molar-refractivity contribution in [1.29, 1.82) is 0 Å². The molecule has 1 aromatic heterocycles. The number of para-hydroxylation sites is 1. The zero-order chi connectivity index (χ0) is 20.8. The number of nitrogen functional groups attached to an aromatic ring is 1. The van der Waals surface area contributed by atoms with Crippen molar-refractivity contribution in [3.63, 3.8) is 0 Å². The van der Waals surface area contributed by atoms with E-state index in [0.29, 0.717) is 19.6 Å². The minimum atomic E-state index is -0.108. The molecule has 1 aliphatic rings. The Bertz CT molecular complexity index is 979. The number of piperidine rings is 1. The summed E-state index contributed by atoms with van der Waals surface area (Å²) in [6.45, 7) is 1.07. The van der Waals surface area contributed by atoms with Gasteiger partial charge in [0.15, 0.2) is 0 Å². The van der Waals surface area contributed by atoms with Crippen molar-refractivity contribution in [3.05, 3.63) is 72.6 Å². The first-order valence-corrected chi connectivity index (χ1v) is 10.4. The van der Waals surface area contributed by atoms with Crippen LogP contribution in [0.15, 0.2) is 66.9 Å². The largest absolute Gasteiger partial charge is 0.493 e. The summed E-state index contributed by atoms with van der Waals surface area (Å²) in [7, 11) is 0. The van der Waals surface area contributed by atoms with Crippen LogP contribution in [0.4, 0.5) is 5.95 Å². The molecule has 1 fully saturated rings. The van der Waals surface area contributed by atoms with Crippen molar-refractivity contribution >= 4 is 11.9 Å². The topological polar surface area (TPSA) is 81.3 Å². The molecule has 0 radical (unpaired) electrons. The van der Waals surface area contributed by atoms with E-state index in [-0.39, 0.29) is 17.9 Å². The van der Waals surface area contributed by atoms with Crippen molar-refractivity contribution in [3.8, 4) is 16.9 Å². The molecule has 0 aliphatic carbocycles. The van der Waals surface area contributed by atoms with E-state index in [4.69, 9.17) is 10.5 Å². The normalized spacial score (nSPS) is 16.3. The lowest BCUT2D eigenvalue weighted by atomic mass is 9.93. The van der Waals surface area contributed by atoms with Crippen molar-refractivity contribution < 1.29 is 9.53 Å². The number of carbonyl (C=O) groups excluding carboxylic acids is 1. The SMILES string of the molecule is Nc1ncc(-c2ccccc2)c([C@H]2CCCCN2C(=O)CCOc2ccccc2)n1. The van der Waals surface area contributed by atoms with Crippen LogP contribution in [0.25, 0.3) is 11.1 Å². The number of anilines is 1. The molecule has 0 unspecified atom stereocenters. The number of nitrogens with two attached hydrogens (primary N) is 1. The molecular formula is C24H26N4O2. The first kappa shape index (κ1) is 19.9. The summed E-state index contributed by atoms with van der Waals surface area (Å²) in [4.78, 5) is 23.8. The van der Waals surface area contributed by atoms with Crippen LogP contribution < -0.4 is 10.5 Å². The molecule has 2 heterocycles. The Morgan fingerprint density at radius 1 is 1.07 bits per heavy atom. The van der Waals surface area contributed by atoms with Gasteiger partial charge in [-0.25, -0.2) is 9.97 Å². The van der Waals surface area contributed by atoms with Gasteiger partial charge in [0.1, 0.15) is 5.75 Å². The number of hydrogen-bond donors (Lipinski definition) is 1. The Morgan fingerprint density at radius 3 is 2.57 bits per heavy atom. The van der Waals surface area contributed by atoms with E-state index >= 15 is 0 Å². The summed E-state index contributed by atoms with van der Waals surface area (Å²) in [5.74, 6) is 1.08. The maximum atomic E-state index is 13.1. The third-order valence-corrected chi connectivity index (χ3v) is 5.39. The van der Waals surface area contributed by atoms with Gasteiger partial charge in [-0.1, -0.05) is 48.5 Å². The zero-order valence-electron chi connectivity index (χ0n) is 16.9. The van der Waals surface area contributed by atoms with Crippen molar-refractivity contribution in [1.82, 2.24) is 14.9 Å². The number of likely N-dealkylation sites (tertiary alicyclic amines) is 1. The lowest BCUT2D eigenvalue weighted by Gasteiger charge is -2.36. The van der Waals surface area contributed by atoms with E-state index in [1.807, 2.05) is 65.6 Å². The van der Waals surface area contributed by atoms with E-state index in [0.717, 1.165) is 41.8 Å². The quantitative estimate of drug-likeness (QED) is 0.667. The van der Waals surface area contributed by atoms with Crippen molar-refractivity contribution in [2.24, 2.45) is 0 Å². The van der Waals surface area contributed by atoms with Crippen LogP contribution in [-0.2, 0) is 4.79 Å². The third kappa shape index (κ3) is 4.59. The Balaban J connectivity index is 1.54. The maximum absolute atomic E-state index is 13.1. The molecule has 1 aliphatic heterocycles. The van der Waals surface area contributed by atoms with Crippen LogP contribution in [0.5, 0.6) is 5.75 Å². The van der Waals surface area contributed by atoms with Gasteiger partial charge < -0.3 is 15.4 Å². The van der Waals surface area contributed by atoms with Gasteiger partial charge in [0.25, 0.3) is 0 Å². The average molecular weight is 402 g/mol. The maximum Gasteiger partial charge on any atom is 0.226 e. The Kier molecular flexibility index (Phi) is 6.23. The Morgan fingerprint density at radius 2 is 1.80 bits per heavy atom. The Hall–Kier alpha value is -3.41. The van der Waals surface area contributed by atoms with Gasteiger partial charge in [0, 0.05) is 18.3 Å². The second kappa shape index (κ2) is 9.39. The molecule has 0 saturated carbocycles. The summed E-state index contributed by atoms with van der Waals surface area (Å²) < 4.78 is 5.73. The highest BCUT2D eigenvalue weighted by Crippen LogP contribution is 2.36. The van der Waals surface area contributed by atoms with Crippen LogP contribution in [0.1, 0.15) is 37.4 Å². The molecule has 1 saturated heterocycles. The zero-order valence-corrected chi connectivity index (χ0v) is 16.9. The van der Waals surface area contributed by atoms with E-state index in [9.17, 15) is 4.79 Å². The number of rotatable bonds is 6. The number of aromatic nitrogens is 2. The Labute approximate surface area is 176 Å². The molecule has 0 bridgehead atoms. The fraction of sp³-hybridized carbons (Fsp3) is 0.292. The van der Waals surface area contributed by atoms with Gasteiger partial charge in [-0.15, -0.1) is 0 Å². The third-order valence-electron chi connectivity index (χ3n) is 5.39. The molecule has 154 valence electrons. The standard InChI is InChI=1S/C24H26N4O2/c25-24-26-17-20(18-9-3-1-4-10-18)23(27-24)21-13-7-8-15-28(21)22(29)14-16-30-19-11-5-2-6-12-19/h1-6,9-12,17,21H,7-8,13-16H2,(H2,25,26,27)/t21-/m1/s1. The average Bonchev–Trinajstić information content (AvgIpc) is 2.80. The first-order valence-electron chi connectivity index (χ1n) is 10.4. The highest BCUT2D eigenvalue weighted by atomic mass is 16.5. The van der Waals surface area contributed by atoms with E-state index in [1.165, 1.54) is 0 Å². The first-order chi connectivity index (χ1) is 14.7. The minimum Gasteiger partial charge on any atom is -0.493 e. The molecule has 3 aromatic rings. The van der Waals surface area contributed by atoms with Gasteiger partial charge in [-0.2, -0.15) is 0 Å². The number of amides is 1. The van der Waals surface area contributed by atoms with Gasteiger partial charge in [-0.3, -0.25) is 4.79 Å². The van der Waals surface area contributed by atoms with Gasteiger partial charge in [-0.05, 0) is 37.0 Å². The molecule has 0 spiro atoms. The molecule has 4 rings (SSSR count). The number of benzene rings is 2. The number of carbonyl (C=O) groups is 1. The fourth-order valence-corrected chi connectivity index (χ4v) is 3.93. The summed E-state index contributed by atoms with van der Waals surface area (Å²) in [5.41, 5.74) is 8.71. The van der Waals surface area contributed by atoms with Gasteiger partial charge in [0.2, 0.25) is 11.9 Å². The van der Waals surface area contributed by atoms with E-state index < -0.39 is 0 Å². The number of hydrogen-bond acceptors (Lipinski definition) is 5. The predicted molar refractivity (Wildman–Crippen MR) is 117 cm³/mol. The van der Waals surface area contributed by atoms with E-state index in [2.05, 4.69) is 9.97 Å². The summed E-state index contributed by atoms with van der Waals surface area (Å²) in [5, 5.41) is 0. The van der Waals surface area contributed by atoms with Crippen molar-refractivity contribution in [2.45, 2.75) is 31.7 Å². The van der Waals surface area contributed by atoms with Gasteiger partial charge >= 0.3 is 0 Å². The molecule has 6 heteroatoms. The van der Waals surface area contributed by atoms with Crippen molar-refractivity contribution in [2.75, 3.05) is 18.9 Å².